The van der Waals surface area contributed by atoms with Gasteiger partial charge in [-0.05, 0) is 23.4 Å². The molecule has 0 bridgehead atoms. The standard InChI is InChI=1S/C15H17NO3S/c1-19-13-7-8-20-14(13)15(18)16-12(10-17)9-11-5-3-2-4-6-11/h2-8,12,17H,9-10H2,1H3,(H,16,18)/t12-/m0/s1. The Morgan fingerprint density at radius 1 is 1.35 bits per heavy atom. The van der Waals surface area contributed by atoms with Gasteiger partial charge in [-0.2, -0.15) is 0 Å². The Morgan fingerprint density at radius 2 is 2.10 bits per heavy atom. The maximum atomic E-state index is 12.2. The van der Waals surface area contributed by atoms with Crippen LogP contribution < -0.4 is 10.1 Å². The molecule has 20 heavy (non-hydrogen) atoms. The summed E-state index contributed by atoms with van der Waals surface area (Å²) in [5.41, 5.74) is 1.07. The first-order chi connectivity index (χ1) is 9.74. The first kappa shape index (κ1) is 14.6. The average Bonchev–Trinajstić information content (AvgIpc) is 2.96. The van der Waals surface area contributed by atoms with Crippen LogP contribution >= 0.6 is 11.3 Å². The molecule has 0 aliphatic rings. The van der Waals surface area contributed by atoms with Gasteiger partial charge in [-0.25, -0.2) is 0 Å². The van der Waals surface area contributed by atoms with Crippen molar-refractivity contribution in [3.8, 4) is 5.75 Å². The number of hydrogen-bond acceptors (Lipinski definition) is 4. The number of aliphatic hydroxyl groups excluding tert-OH is 1. The van der Waals surface area contributed by atoms with Gasteiger partial charge < -0.3 is 15.2 Å². The lowest BCUT2D eigenvalue weighted by atomic mass is 10.1. The summed E-state index contributed by atoms with van der Waals surface area (Å²) in [6.07, 6.45) is 0.594. The van der Waals surface area contributed by atoms with E-state index in [0.717, 1.165) is 5.56 Å². The van der Waals surface area contributed by atoms with Crippen molar-refractivity contribution in [1.82, 2.24) is 5.32 Å². The third-order valence-corrected chi connectivity index (χ3v) is 3.83. The van der Waals surface area contributed by atoms with E-state index >= 15 is 0 Å². The molecule has 1 heterocycles. The van der Waals surface area contributed by atoms with Gasteiger partial charge in [0, 0.05) is 0 Å². The van der Waals surface area contributed by atoms with Gasteiger partial charge in [-0.1, -0.05) is 30.3 Å². The molecule has 0 fully saturated rings. The molecule has 5 heteroatoms. The zero-order valence-electron chi connectivity index (χ0n) is 11.2. The fourth-order valence-corrected chi connectivity index (χ4v) is 2.70. The second kappa shape index (κ2) is 7.07. The molecule has 0 aliphatic heterocycles. The highest BCUT2D eigenvalue weighted by molar-refractivity contribution is 7.12. The minimum absolute atomic E-state index is 0.103. The number of hydrogen-bond donors (Lipinski definition) is 2. The van der Waals surface area contributed by atoms with Crippen molar-refractivity contribution in [3.63, 3.8) is 0 Å². The molecule has 0 radical (unpaired) electrons. The minimum Gasteiger partial charge on any atom is -0.495 e. The van der Waals surface area contributed by atoms with E-state index in [4.69, 9.17) is 4.74 Å². The molecule has 106 valence electrons. The van der Waals surface area contributed by atoms with E-state index in [2.05, 4.69) is 5.32 Å². The normalized spacial score (nSPS) is 11.9. The van der Waals surface area contributed by atoms with Crippen molar-refractivity contribution in [1.29, 1.82) is 0 Å². The van der Waals surface area contributed by atoms with Crippen LogP contribution in [0.5, 0.6) is 5.75 Å². The Hall–Kier alpha value is -1.85. The Labute approximate surface area is 122 Å². The Morgan fingerprint density at radius 3 is 2.75 bits per heavy atom. The van der Waals surface area contributed by atoms with Gasteiger partial charge in [-0.15, -0.1) is 11.3 Å². The predicted molar refractivity (Wildman–Crippen MR) is 79.4 cm³/mol. The van der Waals surface area contributed by atoms with Gasteiger partial charge in [0.05, 0.1) is 19.8 Å². The van der Waals surface area contributed by atoms with Crippen LogP contribution in [0.1, 0.15) is 15.2 Å². The fourth-order valence-electron chi connectivity index (χ4n) is 1.93. The molecule has 0 saturated carbocycles. The zero-order chi connectivity index (χ0) is 14.4. The number of nitrogens with one attached hydrogen (secondary N) is 1. The van der Waals surface area contributed by atoms with Crippen LogP contribution in [-0.4, -0.2) is 30.8 Å². The first-order valence-corrected chi connectivity index (χ1v) is 7.19. The molecule has 2 rings (SSSR count). The SMILES string of the molecule is COc1ccsc1C(=O)N[C@H](CO)Cc1ccccc1. The van der Waals surface area contributed by atoms with E-state index in [-0.39, 0.29) is 18.6 Å². The van der Waals surface area contributed by atoms with Gasteiger partial charge in [0.25, 0.3) is 5.91 Å². The second-order valence-electron chi connectivity index (χ2n) is 4.36. The number of methoxy groups -OCH3 is 1. The molecule has 0 saturated heterocycles. The molecule has 1 aromatic carbocycles. The lowest BCUT2D eigenvalue weighted by Gasteiger charge is -2.16. The van der Waals surface area contributed by atoms with Crippen molar-refractivity contribution in [3.05, 3.63) is 52.2 Å². The molecular formula is C15H17NO3S. The van der Waals surface area contributed by atoms with Gasteiger partial charge in [0.1, 0.15) is 10.6 Å². The Balaban J connectivity index is 2.01. The van der Waals surface area contributed by atoms with Crippen molar-refractivity contribution < 1.29 is 14.6 Å². The van der Waals surface area contributed by atoms with Crippen molar-refractivity contribution in [2.24, 2.45) is 0 Å². The first-order valence-electron chi connectivity index (χ1n) is 6.31. The van der Waals surface area contributed by atoms with Crippen LogP contribution in [0.15, 0.2) is 41.8 Å². The largest absolute Gasteiger partial charge is 0.495 e. The van der Waals surface area contributed by atoms with Crippen LogP contribution in [-0.2, 0) is 6.42 Å². The lowest BCUT2D eigenvalue weighted by molar-refractivity contribution is 0.0918. The van der Waals surface area contributed by atoms with E-state index in [1.807, 2.05) is 30.3 Å². The summed E-state index contributed by atoms with van der Waals surface area (Å²) in [6, 6.07) is 11.2. The summed E-state index contributed by atoms with van der Waals surface area (Å²) >= 11 is 1.32. The van der Waals surface area contributed by atoms with E-state index in [9.17, 15) is 9.90 Å². The number of thiophene rings is 1. The van der Waals surface area contributed by atoms with Crippen molar-refractivity contribution in [2.45, 2.75) is 12.5 Å². The average molecular weight is 291 g/mol. The molecule has 2 N–H and O–H groups in total. The maximum Gasteiger partial charge on any atom is 0.265 e. The summed E-state index contributed by atoms with van der Waals surface area (Å²) in [5, 5.41) is 14.1. The quantitative estimate of drug-likeness (QED) is 0.857. The van der Waals surface area contributed by atoms with E-state index < -0.39 is 0 Å². The molecule has 4 nitrogen and oxygen atoms in total. The highest BCUT2D eigenvalue weighted by Gasteiger charge is 2.18. The number of aliphatic hydroxyl groups is 1. The van der Waals surface area contributed by atoms with Gasteiger partial charge >= 0.3 is 0 Å². The number of amides is 1. The minimum atomic E-state index is -0.309. The molecule has 0 aliphatic carbocycles. The number of benzene rings is 1. The maximum absolute atomic E-state index is 12.2. The zero-order valence-corrected chi connectivity index (χ0v) is 12.0. The molecule has 1 atom stereocenters. The van der Waals surface area contributed by atoms with Crippen molar-refractivity contribution >= 4 is 17.2 Å². The molecule has 0 spiro atoms. The van der Waals surface area contributed by atoms with Gasteiger partial charge in [0.2, 0.25) is 0 Å². The van der Waals surface area contributed by atoms with Crippen molar-refractivity contribution in [2.75, 3.05) is 13.7 Å². The smallest absolute Gasteiger partial charge is 0.265 e. The van der Waals surface area contributed by atoms with E-state index in [1.165, 1.54) is 18.4 Å². The third kappa shape index (κ3) is 3.59. The van der Waals surface area contributed by atoms with Gasteiger partial charge in [0.15, 0.2) is 0 Å². The monoisotopic (exact) mass is 291 g/mol. The highest BCUT2D eigenvalue weighted by atomic mass is 32.1. The Bertz CT molecular complexity index is 553. The summed E-state index contributed by atoms with van der Waals surface area (Å²) in [7, 11) is 1.53. The molecule has 0 unspecified atom stereocenters. The third-order valence-electron chi connectivity index (χ3n) is 2.94. The fraction of sp³-hybridized carbons (Fsp3) is 0.267. The second-order valence-corrected chi connectivity index (χ2v) is 5.28. The van der Waals surface area contributed by atoms with Crippen LogP contribution in [0.4, 0.5) is 0 Å². The lowest BCUT2D eigenvalue weighted by Crippen LogP contribution is -2.38. The molecular weight excluding hydrogens is 274 g/mol. The Kier molecular flexibility index (Phi) is 5.15. The van der Waals surface area contributed by atoms with Crippen LogP contribution in [0.2, 0.25) is 0 Å². The van der Waals surface area contributed by atoms with Crippen LogP contribution in [0.3, 0.4) is 0 Å². The summed E-state index contributed by atoms with van der Waals surface area (Å²) in [4.78, 5) is 12.7. The number of carbonyl (C=O) groups is 1. The summed E-state index contributed by atoms with van der Waals surface area (Å²) < 4.78 is 5.13. The highest BCUT2D eigenvalue weighted by Crippen LogP contribution is 2.24. The number of ether oxygens (including phenoxy) is 1. The van der Waals surface area contributed by atoms with E-state index in [0.29, 0.717) is 17.0 Å². The molecule has 2 aromatic rings. The van der Waals surface area contributed by atoms with Crippen LogP contribution in [0.25, 0.3) is 0 Å². The number of rotatable bonds is 6. The molecule has 1 amide bonds. The van der Waals surface area contributed by atoms with Gasteiger partial charge in [-0.3, -0.25) is 4.79 Å². The summed E-state index contributed by atoms with van der Waals surface area (Å²) in [6.45, 7) is -0.103. The molecule has 1 aromatic heterocycles. The van der Waals surface area contributed by atoms with Crippen LogP contribution in [0, 0.1) is 0 Å². The topological polar surface area (TPSA) is 58.6 Å². The summed E-state index contributed by atoms with van der Waals surface area (Å²) in [5.74, 6) is 0.343. The van der Waals surface area contributed by atoms with E-state index in [1.54, 1.807) is 11.4 Å². The predicted octanol–water partition coefficient (Wildman–Crippen LogP) is 2.09. The number of carbonyl (C=O) groups excluding carboxylic acids is 1.